The molecule has 1 aromatic rings. The Bertz CT molecular complexity index is 598. The maximum Gasteiger partial charge on any atom is 0.371 e. The third-order valence-corrected chi connectivity index (χ3v) is 4.51. The largest absolute Gasteiger partial charge is 0.475 e. The average Bonchev–Trinajstić information content (AvgIpc) is 3.15. The molecule has 1 saturated heterocycles. The van der Waals surface area contributed by atoms with Crippen molar-refractivity contribution in [2.75, 3.05) is 18.2 Å². The highest BCUT2D eigenvalue weighted by Gasteiger charge is 2.36. The number of hydrogen-bond donors (Lipinski definition) is 2. The molecule has 0 aliphatic carbocycles. The summed E-state index contributed by atoms with van der Waals surface area (Å²) >= 11 is 1.48. The summed E-state index contributed by atoms with van der Waals surface area (Å²) < 4.78 is 5.03. The standard InChI is InChI=1S/C15H20N2O5S/c1-9(2)5-6-16-13(18)10-7-23-8-17(10)14(19)11-3-4-12(22-11)15(20)21/h3-4,9-10H,5-8H2,1-2H3,(H,16,18)(H,20,21). The van der Waals surface area contributed by atoms with Crippen LogP contribution >= 0.6 is 11.8 Å². The molecule has 1 unspecified atom stereocenters. The lowest BCUT2D eigenvalue weighted by atomic mass is 10.1. The minimum atomic E-state index is -1.23. The first-order chi connectivity index (χ1) is 10.9. The number of amides is 2. The zero-order valence-electron chi connectivity index (χ0n) is 13.1. The third-order valence-electron chi connectivity index (χ3n) is 3.49. The summed E-state index contributed by atoms with van der Waals surface area (Å²) in [5.74, 6) is -0.856. The van der Waals surface area contributed by atoms with E-state index in [-0.39, 0.29) is 17.4 Å². The van der Waals surface area contributed by atoms with E-state index in [1.54, 1.807) is 0 Å². The number of nitrogens with one attached hydrogen (secondary N) is 1. The van der Waals surface area contributed by atoms with Crippen LogP contribution in [0.25, 0.3) is 0 Å². The number of thioether (sulfide) groups is 1. The molecule has 1 aliphatic rings. The molecule has 1 aliphatic heterocycles. The number of aromatic carboxylic acids is 1. The molecular weight excluding hydrogens is 320 g/mol. The molecule has 126 valence electrons. The van der Waals surface area contributed by atoms with E-state index in [9.17, 15) is 14.4 Å². The van der Waals surface area contributed by atoms with Gasteiger partial charge in [-0.15, -0.1) is 11.8 Å². The molecule has 7 nitrogen and oxygen atoms in total. The molecule has 2 N–H and O–H groups in total. The summed E-state index contributed by atoms with van der Waals surface area (Å²) in [4.78, 5) is 36.9. The molecule has 0 aromatic carbocycles. The van der Waals surface area contributed by atoms with Crippen molar-refractivity contribution < 1.29 is 23.9 Å². The Kier molecular flexibility index (Phi) is 5.70. The van der Waals surface area contributed by atoms with Crippen molar-refractivity contribution in [3.63, 3.8) is 0 Å². The van der Waals surface area contributed by atoms with E-state index in [2.05, 4.69) is 19.2 Å². The first-order valence-corrected chi connectivity index (χ1v) is 8.55. The molecule has 0 spiro atoms. The smallest absolute Gasteiger partial charge is 0.371 e. The summed E-state index contributed by atoms with van der Waals surface area (Å²) in [6, 6.07) is 2.00. The number of carboxylic acids is 1. The van der Waals surface area contributed by atoms with E-state index < -0.39 is 17.9 Å². The number of furan rings is 1. The molecule has 1 atom stereocenters. The van der Waals surface area contributed by atoms with Gasteiger partial charge < -0.3 is 19.7 Å². The van der Waals surface area contributed by atoms with Crippen LogP contribution < -0.4 is 5.32 Å². The van der Waals surface area contributed by atoms with Crippen molar-refractivity contribution in [2.24, 2.45) is 5.92 Å². The second kappa shape index (κ2) is 7.54. The van der Waals surface area contributed by atoms with E-state index in [0.717, 1.165) is 6.42 Å². The van der Waals surface area contributed by atoms with E-state index in [0.29, 0.717) is 24.1 Å². The lowest BCUT2D eigenvalue weighted by Gasteiger charge is -2.22. The first kappa shape index (κ1) is 17.4. The van der Waals surface area contributed by atoms with Gasteiger partial charge in [0.15, 0.2) is 5.76 Å². The van der Waals surface area contributed by atoms with Crippen molar-refractivity contribution >= 4 is 29.5 Å². The molecule has 2 amide bonds. The molecule has 0 bridgehead atoms. The molecule has 1 fully saturated rings. The molecular formula is C15H20N2O5S. The Morgan fingerprint density at radius 2 is 2.09 bits per heavy atom. The predicted molar refractivity (Wildman–Crippen MR) is 85.4 cm³/mol. The van der Waals surface area contributed by atoms with Crippen molar-refractivity contribution in [3.8, 4) is 0 Å². The first-order valence-electron chi connectivity index (χ1n) is 7.39. The fraction of sp³-hybridized carbons (Fsp3) is 0.533. The van der Waals surface area contributed by atoms with Crippen LogP contribution in [0.4, 0.5) is 0 Å². The zero-order chi connectivity index (χ0) is 17.0. The highest BCUT2D eigenvalue weighted by molar-refractivity contribution is 7.99. The van der Waals surface area contributed by atoms with Gasteiger partial charge in [-0.1, -0.05) is 13.8 Å². The van der Waals surface area contributed by atoms with Gasteiger partial charge in [-0.3, -0.25) is 9.59 Å². The van der Waals surface area contributed by atoms with Gasteiger partial charge in [0.1, 0.15) is 6.04 Å². The van der Waals surface area contributed by atoms with E-state index in [1.807, 2.05) is 0 Å². The fourth-order valence-corrected chi connectivity index (χ4v) is 3.33. The second-order valence-electron chi connectivity index (χ2n) is 5.73. The van der Waals surface area contributed by atoms with Crippen molar-refractivity contribution in [3.05, 3.63) is 23.7 Å². The van der Waals surface area contributed by atoms with Crippen LogP contribution in [0.3, 0.4) is 0 Å². The summed E-state index contributed by atoms with van der Waals surface area (Å²) in [5.41, 5.74) is 0. The number of hydrogen-bond acceptors (Lipinski definition) is 5. The van der Waals surface area contributed by atoms with Gasteiger partial charge in [0.2, 0.25) is 11.7 Å². The number of nitrogens with zero attached hydrogens (tertiary/aromatic N) is 1. The summed E-state index contributed by atoms with van der Waals surface area (Å²) in [7, 11) is 0. The van der Waals surface area contributed by atoms with Crippen LogP contribution in [0.15, 0.2) is 16.5 Å². The predicted octanol–water partition coefficient (Wildman–Crippen LogP) is 1.66. The zero-order valence-corrected chi connectivity index (χ0v) is 13.9. The molecule has 0 saturated carbocycles. The maximum absolute atomic E-state index is 12.4. The Hall–Kier alpha value is -1.96. The fourth-order valence-electron chi connectivity index (χ4n) is 2.17. The van der Waals surface area contributed by atoms with Crippen molar-refractivity contribution in [1.29, 1.82) is 0 Å². The van der Waals surface area contributed by atoms with Gasteiger partial charge in [0.25, 0.3) is 5.91 Å². The lowest BCUT2D eigenvalue weighted by molar-refractivity contribution is -0.124. The minimum absolute atomic E-state index is 0.0649. The minimum Gasteiger partial charge on any atom is -0.475 e. The topological polar surface area (TPSA) is 99.9 Å². The van der Waals surface area contributed by atoms with Gasteiger partial charge in [0, 0.05) is 12.3 Å². The van der Waals surface area contributed by atoms with Crippen LogP contribution in [0, 0.1) is 5.92 Å². The number of carbonyl (C=O) groups excluding carboxylic acids is 2. The third kappa shape index (κ3) is 4.28. The highest BCUT2D eigenvalue weighted by Crippen LogP contribution is 2.24. The lowest BCUT2D eigenvalue weighted by Crippen LogP contribution is -2.47. The maximum atomic E-state index is 12.4. The molecule has 0 radical (unpaired) electrons. The van der Waals surface area contributed by atoms with E-state index in [4.69, 9.17) is 9.52 Å². The van der Waals surface area contributed by atoms with Crippen molar-refractivity contribution in [2.45, 2.75) is 26.3 Å². The van der Waals surface area contributed by atoms with Gasteiger partial charge >= 0.3 is 5.97 Å². The number of carboxylic acid groups (broad SMARTS) is 1. The van der Waals surface area contributed by atoms with Crippen LogP contribution in [0.1, 0.15) is 41.4 Å². The monoisotopic (exact) mass is 340 g/mol. The number of carbonyl (C=O) groups is 3. The van der Waals surface area contributed by atoms with Crippen LogP contribution in [0.2, 0.25) is 0 Å². The SMILES string of the molecule is CC(C)CCNC(=O)C1CSCN1C(=O)c1ccc(C(=O)O)o1. The summed E-state index contributed by atoms with van der Waals surface area (Å²) in [6.07, 6.45) is 0.875. The van der Waals surface area contributed by atoms with E-state index in [1.165, 1.54) is 28.8 Å². The summed E-state index contributed by atoms with van der Waals surface area (Å²) in [6.45, 7) is 4.72. The average molecular weight is 340 g/mol. The van der Waals surface area contributed by atoms with Gasteiger partial charge in [-0.25, -0.2) is 4.79 Å². The van der Waals surface area contributed by atoms with Crippen molar-refractivity contribution in [1.82, 2.24) is 10.2 Å². The quantitative estimate of drug-likeness (QED) is 0.817. The van der Waals surface area contributed by atoms with Gasteiger partial charge in [-0.05, 0) is 24.5 Å². The summed E-state index contributed by atoms with van der Waals surface area (Å²) in [5, 5.41) is 11.7. The van der Waals surface area contributed by atoms with Gasteiger partial charge in [0.05, 0.1) is 5.88 Å². The second-order valence-corrected chi connectivity index (χ2v) is 6.73. The molecule has 2 heterocycles. The van der Waals surface area contributed by atoms with Crippen LogP contribution in [-0.2, 0) is 4.79 Å². The highest BCUT2D eigenvalue weighted by atomic mass is 32.2. The normalized spacial score (nSPS) is 17.5. The van der Waals surface area contributed by atoms with E-state index >= 15 is 0 Å². The van der Waals surface area contributed by atoms with Crippen LogP contribution in [-0.4, -0.2) is 52.0 Å². The number of rotatable bonds is 6. The Labute approximate surface area is 138 Å². The van der Waals surface area contributed by atoms with Gasteiger partial charge in [-0.2, -0.15) is 0 Å². The molecule has 23 heavy (non-hydrogen) atoms. The molecule has 2 rings (SSSR count). The Morgan fingerprint density at radius 3 is 2.70 bits per heavy atom. The Morgan fingerprint density at radius 1 is 1.39 bits per heavy atom. The molecule has 8 heteroatoms. The van der Waals surface area contributed by atoms with Crippen LogP contribution in [0.5, 0.6) is 0 Å². The molecule has 1 aromatic heterocycles. The Balaban J connectivity index is 2.00.